The van der Waals surface area contributed by atoms with Gasteiger partial charge in [0, 0.05) is 18.7 Å². The van der Waals surface area contributed by atoms with Gasteiger partial charge in [0.05, 0.1) is 6.61 Å². The number of ether oxygens (including phenoxy) is 1. The summed E-state index contributed by atoms with van der Waals surface area (Å²) in [5, 5.41) is 0. The number of rotatable bonds is 2. The lowest BCUT2D eigenvalue weighted by molar-refractivity contribution is 0.130. The first-order chi connectivity index (χ1) is 7.99. The number of nitrogens with zero attached hydrogens (tertiary/aromatic N) is 1. The fourth-order valence-electron chi connectivity index (χ4n) is 1.74. The van der Waals surface area contributed by atoms with Crippen LogP contribution >= 0.6 is 0 Å². The summed E-state index contributed by atoms with van der Waals surface area (Å²) in [6.07, 6.45) is 0. The molecular formula is C11H14FNO3S. The maximum absolute atomic E-state index is 13.5. The van der Waals surface area contributed by atoms with Gasteiger partial charge in [0.25, 0.3) is 0 Å². The minimum Gasteiger partial charge on any atom is -0.363 e. The van der Waals surface area contributed by atoms with Crippen LogP contribution in [-0.4, -0.2) is 31.8 Å². The standard InChI is InChI=1S/C11H14FNO3S/c1-9-2-3-11(12)10(6-9)7-13-4-5-16-8-17(13,14)15/h2-3,6H,4-5,7-8H2,1H3. The second-order valence-electron chi connectivity index (χ2n) is 4.07. The highest BCUT2D eigenvalue weighted by Gasteiger charge is 2.27. The predicted octanol–water partition coefficient (Wildman–Crippen LogP) is 1.25. The van der Waals surface area contributed by atoms with E-state index in [9.17, 15) is 12.8 Å². The number of hydrogen-bond acceptors (Lipinski definition) is 3. The minimum atomic E-state index is -3.41. The van der Waals surface area contributed by atoms with E-state index in [1.165, 1.54) is 10.4 Å². The zero-order valence-corrected chi connectivity index (χ0v) is 10.3. The van der Waals surface area contributed by atoms with Gasteiger partial charge >= 0.3 is 0 Å². The Balaban J connectivity index is 2.22. The van der Waals surface area contributed by atoms with Crippen LogP contribution in [0.5, 0.6) is 0 Å². The van der Waals surface area contributed by atoms with E-state index in [2.05, 4.69) is 0 Å². The van der Waals surface area contributed by atoms with E-state index in [1.54, 1.807) is 12.1 Å². The van der Waals surface area contributed by atoms with Crippen LogP contribution in [0.3, 0.4) is 0 Å². The van der Waals surface area contributed by atoms with Crippen molar-refractivity contribution in [2.75, 3.05) is 19.1 Å². The molecule has 1 aliphatic rings. The molecule has 1 fully saturated rings. The van der Waals surface area contributed by atoms with Gasteiger partial charge in [-0.15, -0.1) is 0 Å². The van der Waals surface area contributed by atoms with Crippen molar-refractivity contribution in [2.45, 2.75) is 13.5 Å². The third-order valence-electron chi connectivity index (χ3n) is 2.66. The van der Waals surface area contributed by atoms with E-state index >= 15 is 0 Å². The van der Waals surface area contributed by atoms with Gasteiger partial charge < -0.3 is 4.74 Å². The molecule has 17 heavy (non-hydrogen) atoms. The van der Waals surface area contributed by atoms with Gasteiger partial charge in [-0.2, -0.15) is 4.31 Å². The molecule has 4 nitrogen and oxygen atoms in total. The zero-order chi connectivity index (χ0) is 12.5. The van der Waals surface area contributed by atoms with E-state index in [0.29, 0.717) is 12.2 Å². The average Bonchev–Trinajstić information content (AvgIpc) is 2.26. The lowest BCUT2D eigenvalue weighted by atomic mass is 10.1. The molecule has 1 aliphatic heterocycles. The van der Waals surface area contributed by atoms with E-state index < -0.39 is 10.0 Å². The second-order valence-corrected chi connectivity index (χ2v) is 5.98. The highest BCUT2D eigenvalue weighted by atomic mass is 32.2. The molecule has 0 atom stereocenters. The van der Waals surface area contributed by atoms with E-state index in [-0.39, 0.29) is 24.8 Å². The smallest absolute Gasteiger partial charge is 0.238 e. The molecule has 2 rings (SSSR count). The van der Waals surface area contributed by atoms with Gasteiger partial charge in [-0.1, -0.05) is 17.7 Å². The molecule has 1 aromatic rings. The van der Waals surface area contributed by atoms with Crippen LogP contribution in [0.25, 0.3) is 0 Å². The maximum Gasteiger partial charge on any atom is 0.238 e. The normalized spacial score (nSPS) is 20.4. The van der Waals surface area contributed by atoms with Gasteiger partial charge in [0.1, 0.15) is 5.82 Å². The van der Waals surface area contributed by atoms with Crippen LogP contribution in [0.4, 0.5) is 4.39 Å². The highest BCUT2D eigenvalue weighted by molar-refractivity contribution is 7.88. The Kier molecular flexibility index (Phi) is 3.46. The monoisotopic (exact) mass is 259 g/mol. The maximum atomic E-state index is 13.5. The molecule has 0 saturated carbocycles. The Bertz CT molecular complexity index is 515. The van der Waals surface area contributed by atoms with Gasteiger partial charge in [0.2, 0.25) is 10.0 Å². The third-order valence-corrected chi connectivity index (χ3v) is 4.22. The third kappa shape index (κ3) is 2.83. The summed E-state index contributed by atoms with van der Waals surface area (Å²) < 4.78 is 43.0. The van der Waals surface area contributed by atoms with Crippen LogP contribution < -0.4 is 0 Å². The topological polar surface area (TPSA) is 46.6 Å². The van der Waals surface area contributed by atoms with Gasteiger partial charge in [0.15, 0.2) is 5.94 Å². The van der Waals surface area contributed by atoms with Crippen molar-refractivity contribution in [1.82, 2.24) is 4.31 Å². The summed E-state index contributed by atoms with van der Waals surface area (Å²) in [5.74, 6) is -0.697. The number of benzene rings is 1. The largest absolute Gasteiger partial charge is 0.363 e. The van der Waals surface area contributed by atoms with Gasteiger partial charge in [-0.3, -0.25) is 0 Å². The number of halogens is 1. The van der Waals surface area contributed by atoms with E-state index in [1.807, 2.05) is 6.92 Å². The lowest BCUT2D eigenvalue weighted by Crippen LogP contribution is -2.40. The van der Waals surface area contributed by atoms with Crippen LogP contribution in [-0.2, 0) is 21.3 Å². The van der Waals surface area contributed by atoms with Crippen molar-refractivity contribution >= 4 is 10.0 Å². The van der Waals surface area contributed by atoms with E-state index in [0.717, 1.165) is 5.56 Å². The first-order valence-electron chi connectivity index (χ1n) is 5.29. The van der Waals surface area contributed by atoms with Crippen molar-refractivity contribution in [3.8, 4) is 0 Å². The molecule has 6 heteroatoms. The van der Waals surface area contributed by atoms with Crippen molar-refractivity contribution in [3.05, 3.63) is 35.1 Å². The molecule has 0 N–H and O–H groups in total. The number of aryl methyl sites for hydroxylation is 1. The Morgan fingerprint density at radius 3 is 2.94 bits per heavy atom. The lowest BCUT2D eigenvalue weighted by Gasteiger charge is -2.26. The second kappa shape index (κ2) is 4.72. The van der Waals surface area contributed by atoms with Crippen LogP contribution in [0.1, 0.15) is 11.1 Å². The molecule has 0 bridgehead atoms. The fraction of sp³-hybridized carbons (Fsp3) is 0.455. The predicted molar refractivity (Wildman–Crippen MR) is 61.3 cm³/mol. The molecule has 0 spiro atoms. The summed E-state index contributed by atoms with van der Waals surface area (Å²) in [7, 11) is -3.41. The molecule has 94 valence electrons. The van der Waals surface area contributed by atoms with E-state index in [4.69, 9.17) is 4.74 Å². The molecule has 0 amide bonds. The molecule has 1 aromatic carbocycles. The fourth-order valence-corrected chi connectivity index (χ4v) is 2.90. The Labute approximate surface area is 100 Å². The zero-order valence-electron chi connectivity index (χ0n) is 9.52. The molecule has 0 aliphatic carbocycles. The van der Waals surface area contributed by atoms with Crippen molar-refractivity contribution in [3.63, 3.8) is 0 Å². The average molecular weight is 259 g/mol. The van der Waals surface area contributed by atoms with Crippen molar-refractivity contribution < 1.29 is 17.5 Å². The molecular weight excluding hydrogens is 245 g/mol. The van der Waals surface area contributed by atoms with Crippen LogP contribution in [0, 0.1) is 12.7 Å². The number of hydrogen-bond donors (Lipinski definition) is 0. The molecule has 0 aromatic heterocycles. The first kappa shape index (κ1) is 12.5. The molecule has 1 saturated heterocycles. The highest BCUT2D eigenvalue weighted by Crippen LogP contribution is 2.17. The van der Waals surface area contributed by atoms with Crippen LogP contribution in [0.15, 0.2) is 18.2 Å². The summed E-state index contributed by atoms with van der Waals surface area (Å²) in [5.41, 5.74) is 1.31. The molecule has 0 radical (unpaired) electrons. The van der Waals surface area contributed by atoms with Crippen molar-refractivity contribution in [1.29, 1.82) is 0 Å². The first-order valence-corrected chi connectivity index (χ1v) is 6.90. The Morgan fingerprint density at radius 2 is 2.24 bits per heavy atom. The summed E-state index contributed by atoms with van der Waals surface area (Å²) in [6.45, 7) is 2.54. The van der Waals surface area contributed by atoms with Gasteiger partial charge in [-0.25, -0.2) is 12.8 Å². The number of sulfonamides is 1. The van der Waals surface area contributed by atoms with Gasteiger partial charge in [-0.05, 0) is 13.0 Å². The summed E-state index contributed by atoms with van der Waals surface area (Å²) in [6, 6.07) is 4.69. The summed E-state index contributed by atoms with van der Waals surface area (Å²) in [4.78, 5) is 0. The van der Waals surface area contributed by atoms with Crippen molar-refractivity contribution in [2.24, 2.45) is 0 Å². The minimum absolute atomic E-state index is 0.0687. The molecule has 0 unspecified atom stereocenters. The molecule has 1 heterocycles. The SMILES string of the molecule is Cc1ccc(F)c(CN2CCOCS2(=O)=O)c1. The Hall–Kier alpha value is -0.980. The Morgan fingerprint density at radius 1 is 1.47 bits per heavy atom. The van der Waals surface area contributed by atoms with Crippen LogP contribution in [0.2, 0.25) is 0 Å². The summed E-state index contributed by atoms with van der Waals surface area (Å²) >= 11 is 0. The quantitative estimate of drug-likeness (QED) is 0.803.